The molecule has 2 aromatic heterocycles. The first-order valence-electron chi connectivity index (χ1n) is 7.98. The van der Waals surface area contributed by atoms with Crippen molar-refractivity contribution in [3.63, 3.8) is 0 Å². The Bertz CT molecular complexity index is 606. The maximum Gasteiger partial charge on any atom is 0.131 e. The number of aryl methyl sites for hydroxylation is 1. The largest absolute Gasteiger partial charge is 0.383 e. The Balaban J connectivity index is 1.58. The number of hydrogen-bond donors (Lipinski definition) is 1. The summed E-state index contributed by atoms with van der Waals surface area (Å²) in [5.41, 5.74) is 8.44. The van der Waals surface area contributed by atoms with Crippen LogP contribution in [0, 0.1) is 0 Å². The summed E-state index contributed by atoms with van der Waals surface area (Å²) in [6, 6.07) is 4.21. The predicted molar refractivity (Wildman–Crippen MR) is 87.3 cm³/mol. The molecular formula is C17H23N5. The van der Waals surface area contributed by atoms with E-state index in [0.717, 1.165) is 37.4 Å². The van der Waals surface area contributed by atoms with Gasteiger partial charge >= 0.3 is 0 Å². The number of piperidine rings is 1. The second kappa shape index (κ2) is 6.83. The van der Waals surface area contributed by atoms with E-state index in [1.807, 2.05) is 31.6 Å². The van der Waals surface area contributed by atoms with Gasteiger partial charge in [-0.25, -0.2) is 9.97 Å². The molecule has 3 rings (SSSR count). The summed E-state index contributed by atoms with van der Waals surface area (Å²) >= 11 is 0. The highest BCUT2D eigenvalue weighted by Crippen LogP contribution is 2.28. The third kappa shape index (κ3) is 3.42. The summed E-state index contributed by atoms with van der Waals surface area (Å²) < 4.78 is 0. The zero-order chi connectivity index (χ0) is 15.4. The summed E-state index contributed by atoms with van der Waals surface area (Å²) in [5.74, 6) is 2.07. The van der Waals surface area contributed by atoms with Crippen LogP contribution in [0.15, 0.2) is 30.7 Å². The number of pyridine rings is 1. The van der Waals surface area contributed by atoms with Gasteiger partial charge in [0, 0.05) is 37.1 Å². The van der Waals surface area contributed by atoms with Gasteiger partial charge in [-0.05, 0) is 43.5 Å². The molecule has 0 unspecified atom stereocenters. The molecule has 22 heavy (non-hydrogen) atoms. The van der Waals surface area contributed by atoms with E-state index in [2.05, 4.69) is 25.9 Å². The molecule has 0 radical (unpaired) electrons. The van der Waals surface area contributed by atoms with E-state index in [9.17, 15) is 0 Å². The van der Waals surface area contributed by atoms with Crippen LogP contribution in [-0.2, 0) is 13.0 Å². The van der Waals surface area contributed by atoms with Crippen molar-refractivity contribution in [2.45, 2.75) is 38.6 Å². The Morgan fingerprint density at radius 2 is 2.09 bits per heavy atom. The molecule has 2 N–H and O–H groups in total. The number of hydrogen-bond acceptors (Lipinski definition) is 5. The zero-order valence-corrected chi connectivity index (χ0v) is 13.1. The van der Waals surface area contributed by atoms with Gasteiger partial charge in [-0.1, -0.05) is 13.0 Å². The molecule has 3 heterocycles. The molecule has 1 saturated heterocycles. The molecule has 0 bridgehead atoms. The molecule has 1 aliphatic heterocycles. The van der Waals surface area contributed by atoms with E-state index >= 15 is 0 Å². The minimum absolute atomic E-state index is 0.626. The van der Waals surface area contributed by atoms with Gasteiger partial charge in [0.2, 0.25) is 0 Å². The summed E-state index contributed by atoms with van der Waals surface area (Å²) in [6.07, 6.45) is 8.87. The van der Waals surface area contributed by atoms with Gasteiger partial charge in [0.25, 0.3) is 0 Å². The molecule has 0 atom stereocenters. The molecule has 1 aliphatic rings. The molecule has 0 aliphatic carbocycles. The molecule has 116 valence electrons. The van der Waals surface area contributed by atoms with Crippen molar-refractivity contribution in [2.75, 3.05) is 18.8 Å². The van der Waals surface area contributed by atoms with E-state index in [0.29, 0.717) is 11.7 Å². The van der Waals surface area contributed by atoms with Crippen LogP contribution in [-0.4, -0.2) is 32.9 Å². The lowest BCUT2D eigenvalue weighted by atomic mass is 9.90. The number of anilines is 1. The highest BCUT2D eigenvalue weighted by molar-refractivity contribution is 5.37. The van der Waals surface area contributed by atoms with Gasteiger partial charge in [-0.2, -0.15) is 0 Å². The summed E-state index contributed by atoms with van der Waals surface area (Å²) in [6.45, 7) is 5.04. The molecule has 0 aromatic carbocycles. The maximum absolute atomic E-state index is 6.05. The Morgan fingerprint density at radius 1 is 1.27 bits per heavy atom. The molecule has 2 aromatic rings. The van der Waals surface area contributed by atoms with Gasteiger partial charge in [0.05, 0.1) is 0 Å². The normalized spacial score (nSPS) is 16.8. The van der Waals surface area contributed by atoms with Crippen molar-refractivity contribution < 1.29 is 0 Å². The van der Waals surface area contributed by atoms with E-state index in [4.69, 9.17) is 5.73 Å². The van der Waals surface area contributed by atoms with Crippen molar-refractivity contribution in [1.29, 1.82) is 0 Å². The van der Waals surface area contributed by atoms with Crippen molar-refractivity contribution in [1.82, 2.24) is 19.9 Å². The fourth-order valence-electron chi connectivity index (χ4n) is 3.03. The quantitative estimate of drug-likeness (QED) is 0.938. The summed E-state index contributed by atoms with van der Waals surface area (Å²) in [7, 11) is 0. The fraction of sp³-hybridized carbons (Fsp3) is 0.471. The van der Waals surface area contributed by atoms with Crippen molar-refractivity contribution in [3.05, 3.63) is 47.7 Å². The molecule has 5 nitrogen and oxygen atoms in total. The van der Waals surface area contributed by atoms with Gasteiger partial charge < -0.3 is 5.73 Å². The average molecular weight is 297 g/mol. The molecule has 0 amide bonds. The van der Waals surface area contributed by atoms with E-state index in [1.54, 1.807) is 0 Å². The second-order valence-corrected chi connectivity index (χ2v) is 5.89. The number of nitrogens with two attached hydrogens (primary N) is 1. The van der Waals surface area contributed by atoms with Crippen LogP contribution in [0.25, 0.3) is 0 Å². The molecular weight excluding hydrogens is 274 g/mol. The zero-order valence-electron chi connectivity index (χ0n) is 13.1. The van der Waals surface area contributed by atoms with Crippen LogP contribution in [0.5, 0.6) is 0 Å². The minimum atomic E-state index is 0.626. The number of aromatic nitrogens is 3. The van der Waals surface area contributed by atoms with E-state index < -0.39 is 0 Å². The van der Waals surface area contributed by atoms with Gasteiger partial charge in [-0.3, -0.25) is 9.88 Å². The maximum atomic E-state index is 6.05. The van der Waals surface area contributed by atoms with Crippen molar-refractivity contribution in [2.24, 2.45) is 0 Å². The Hall–Kier alpha value is -2.01. The van der Waals surface area contributed by atoms with Gasteiger partial charge in [0.1, 0.15) is 11.6 Å². The average Bonchev–Trinajstić information content (AvgIpc) is 2.58. The molecule has 5 heteroatoms. The van der Waals surface area contributed by atoms with Crippen LogP contribution in [0.3, 0.4) is 0 Å². The first kappa shape index (κ1) is 14.9. The molecule has 1 fully saturated rings. The lowest BCUT2D eigenvalue weighted by Gasteiger charge is -2.32. The summed E-state index contributed by atoms with van der Waals surface area (Å²) in [4.78, 5) is 15.4. The molecule has 0 saturated carbocycles. The highest BCUT2D eigenvalue weighted by Gasteiger charge is 2.21. The second-order valence-electron chi connectivity index (χ2n) is 5.89. The third-order valence-electron chi connectivity index (χ3n) is 4.40. The number of likely N-dealkylation sites (tertiary alicyclic amines) is 1. The van der Waals surface area contributed by atoms with Gasteiger partial charge in [-0.15, -0.1) is 0 Å². The van der Waals surface area contributed by atoms with Crippen LogP contribution in [0.4, 0.5) is 5.82 Å². The number of nitrogens with zero attached hydrogens (tertiary/aromatic N) is 4. The fourth-order valence-corrected chi connectivity index (χ4v) is 3.03. The topological polar surface area (TPSA) is 67.9 Å². The standard InChI is InChI=1S/C17H23N5/c1-2-16-20-11-15(17(18)21-16)12-22-8-5-13(6-9-22)14-4-3-7-19-10-14/h3-4,7,10-11,13H,2,5-6,8-9,12H2,1H3,(H2,18,20,21). The predicted octanol–water partition coefficient (Wildman–Crippen LogP) is 2.40. The van der Waals surface area contributed by atoms with E-state index in [1.165, 1.54) is 18.4 Å². The molecule has 0 spiro atoms. The Morgan fingerprint density at radius 3 is 2.73 bits per heavy atom. The first-order valence-corrected chi connectivity index (χ1v) is 7.98. The Kier molecular flexibility index (Phi) is 4.63. The highest BCUT2D eigenvalue weighted by atomic mass is 15.1. The van der Waals surface area contributed by atoms with Crippen LogP contribution < -0.4 is 5.73 Å². The van der Waals surface area contributed by atoms with Crippen LogP contribution >= 0.6 is 0 Å². The lowest BCUT2D eigenvalue weighted by molar-refractivity contribution is 0.204. The summed E-state index contributed by atoms with van der Waals surface area (Å²) in [5, 5.41) is 0. The Labute approximate surface area is 131 Å². The third-order valence-corrected chi connectivity index (χ3v) is 4.40. The SMILES string of the molecule is CCc1ncc(CN2CCC(c3cccnc3)CC2)c(N)n1. The van der Waals surface area contributed by atoms with Crippen molar-refractivity contribution in [3.8, 4) is 0 Å². The first-order chi connectivity index (χ1) is 10.8. The number of nitrogen functional groups attached to an aromatic ring is 1. The minimum Gasteiger partial charge on any atom is -0.383 e. The van der Waals surface area contributed by atoms with Gasteiger partial charge in [0.15, 0.2) is 0 Å². The monoisotopic (exact) mass is 297 g/mol. The van der Waals surface area contributed by atoms with Crippen molar-refractivity contribution >= 4 is 5.82 Å². The van der Waals surface area contributed by atoms with Crippen LogP contribution in [0.2, 0.25) is 0 Å². The smallest absolute Gasteiger partial charge is 0.131 e. The van der Waals surface area contributed by atoms with E-state index in [-0.39, 0.29) is 0 Å². The van der Waals surface area contributed by atoms with Crippen LogP contribution in [0.1, 0.15) is 42.6 Å². The lowest BCUT2D eigenvalue weighted by Crippen LogP contribution is -2.32. The number of rotatable bonds is 4.